The minimum Gasteiger partial charge on any atom is -0.491 e. The van der Waals surface area contributed by atoms with E-state index >= 15 is 0 Å². The highest BCUT2D eigenvalue weighted by Crippen LogP contribution is 2.29. The molecule has 1 amide bonds. The van der Waals surface area contributed by atoms with E-state index in [2.05, 4.69) is 0 Å². The predicted molar refractivity (Wildman–Crippen MR) is 90.8 cm³/mol. The van der Waals surface area contributed by atoms with Gasteiger partial charge < -0.3 is 19.3 Å². The Bertz CT molecular complexity index is 632. The van der Waals surface area contributed by atoms with Crippen LogP contribution in [0, 0.1) is 0 Å². The zero-order valence-electron chi connectivity index (χ0n) is 15.2. The van der Waals surface area contributed by atoms with E-state index in [9.17, 15) is 9.59 Å². The lowest BCUT2D eigenvalue weighted by Gasteiger charge is -2.35. The van der Waals surface area contributed by atoms with E-state index in [1.165, 1.54) is 12.1 Å². The van der Waals surface area contributed by atoms with Crippen LogP contribution in [0.25, 0.3) is 0 Å². The highest BCUT2D eigenvalue weighted by molar-refractivity contribution is 5.87. The fourth-order valence-corrected chi connectivity index (χ4v) is 2.57. The molecule has 7 heteroatoms. The molecule has 0 aromatic heterocycles. The number of rotatable bonds is 4. The molecule has 1 heterocycles. The number of carboxylic acid groups (broad SMARTS) is 1. The first-order valence-electron chi connectivity index (χ1n) is 8.12. The summed E-state index contributed by atoms with van der Waals surface area (Å²) >= 11 is 0. The van der Waals surface area contributed by atoms with Gasteiger partial charge in [0.1, 0.15) is 23.7 Å². The van der Waals surface area contributed by atoms with Gasteiger partial charge >= 0.3 is 12.1 Å². The maximum atomic E-state index is 12.5. The van der Waals surface area contributed by atoms with Crippen LogP contribution in [0.1, 0.15) is 45.0 Å². The van der Waals surface area contributed by atoms with E-state index in [0.29, 0.717) is 12.4 Å². The second-order valence-electron chi connectivity index (χ2n) is 7.40. The standard InChI is InChI=1S/C18H25NO6/c1-17(2,3)25-16(22)19-13(11-24-18(19,4)5)10-23-14-8-6-12(7-9-14)15(20)21/h6-9,13H,10-11H2,1-5H3,(H,20,21)/t13-/m0/s1. The third-order valence-corrected chi connectivity index (χ3v) is 3.71. The van der Waals surface area contributed by atoms with Gasteiger partial charge in [0.25, 0.3) is 0 Å². The first-order valence-corrected chi connectivity index (χ1v) is 8.12. The number of benzene rings is 1. The maximum Gasteiger partial charge on any atom is 0.413 e. The Balaban J connectivity index is 2.04. The van der Waals surface area contributed by atoms with Gasteiger partial charge in [-0.1, -0.05) is 0 Å². The zero-order valence-corrected chi connectivity index (χ0v) is 15.2. The molecule has 1 aliphatic rings. The van der Waals surface area contributed by atoms with Gasteiger partial charge in [0.05, 0.1) is 18.2 Å². The molecular formula is C18H25NO6. The van der Waals surface area contributed by atoms with Crippen LogP contribution in [-0.4, -0.2) is 52.7 Å². The van der Waals surface area contributed by atoms with Crippen LogP contribution in [0.5, 0.6) is 5.75 Å². The van der Waals surface area contributed by atoms with E-state index in [0.717, 1.165) is 0 Å². The summed E-state index contributed by atoms with van der Waals surface area (Å²) in [6.45, 7) is 9.59. The van der Waals surface area contributed by atoms with Crippen LogP contribution >= 0.6 is 0 Å². The third kappa shape index (κ3) is 4.85. The van der Waals surface area contributed by atoms with Crippen molar-refractivity contribution in [2.75, 3.05) is 13.2 Å². The van der Waals surface area contributed by atoms with Crippen molar-refractivity contribution in [1.82, 2.24) is 4.90 Å². The highest BCUT2D eigenvalue weighted by atomic mass is 16.6. The summed E-state index contributed by atoms with van der Waals surface area (Å²) in [4.78, 5) is 24.9. The molecule has 0 aliphatic carbocycles. The smallest absolute Gasteiger partial charge is 0.413 e. The van der Waals surface area contributed by atoms with Crippen LogP contribution < -0.4 is 4.74 Å². The average molecular weight is 351 g/mol. The Morgan fingerprint density at radius 3 is 2.40 bits per heavy atom. The molecule has 0 radical (unpaired) electrons. The molecule has 1 aliphatic heterocycles. The van der Waals surface area contributed by atoms with E-state index < -0.39 is 23.4 Å². The number of hydrogen-bond acceptors (Lipinski definition) is 5. The molecule has 0 spiro atoms. The van der Waals surface area contributed by atoms with Gasteiger partial charge in [-0.05, 0) is 58.9 Å². The van der Waals surface area contributed by atoms with Crippen molar-refractivity contribution in [2.45, 2.75) is 52.0 Å². The number of nitrogens with zero attached hydrogens (tertiary/aromatic N) is 1. The summed E-state index contributed by atoms with van der Waals surface area (Å²) in [5, 5.41) is 8.91. The second-order valence-corrected chi connectivity index (χ2v) is 7.40. The van der Waals surface area contributed by atoms with Gasteiger partial charge in [-0.3, -0.25) is 4.90 Å². The van der Waals surface area contributed by atoms with Crippen molar-refractivity contribution in [1.29, 1.82) is 0 Å². The maximum absolute atomic E-state index is 12.5. The fraction of sp³-hybridized carbons (Fsp3) is 0.556. The molecule has 1 saturated heterocycles. The Kier molecular flexibility index (Phi) is 5.27. The first-order chi connectivity index (χ1) is 11.5. The van der Waals surface area contributed by atoms with E-state index in [4.69, 9.17) is 19.3 Å². The fourth-order valence-electron chi connectivity index (χ4n) is 2.57. The summed E-state index contributed by atoms with van der Waals surface area (Å²) in [7, 11) is 0. The molecule has 7 nitrogen and oxygen atoms in total. The van der Waals surface area contributed by atoms with Crippen LogP contribution in [0.3, 0.4) is 0 Å². The molecule has 0 unspecified atom stereocenters. The molecular weight excluding hydrogens is 326 g/mol. The number of aromatic carboxylic acids is 1. The quantitative estimate of drug-likeness (QED) is 0.897. The van der Waals surface area contributed by atoms with Crippen molar-refractivity contribution >= 4 is 12.1 Å². The summed E-state index contributed by atoms with van der Waals surface area (Å²) < 4.78 is 16.9. The first kappa shape index (κ1) is 19.1. The van der Waals surface area contributed by atoms with Crippen molar-refractivity contribution in [3.8, 4) is 5.75 Å². The lowest BCUT2D eigenvalue weighted by atomic mass is 10.2. The van der Waals surface area contributed by atoms with E-state index in [1.54, 1.807) is 30.9 Å². The molecule has 2 rings (SSSR count). The highest BCUT2D eigenvalue weighted by Gasteiger charge is 2.46. The number of carboxylic acids is 1. The molecule has 1 fully saturated rings. The predicted octanol–water partition coefficient (Wildman–Crippen LogP) is 3.14. The van der Waals surface area contributed by atoms with Gasteiger partial charge in [-0.15, -0.1) is 0 Å². The Labute approximate surface area is 147 Å². The number of ether oxygens (including phenoxy) is 3. The van der Waals surface area contributed by atoms with Crippen molar-refractivity contribution in [3.05, 3.63) is 29.8 Å². The van der Waals surface area contributed by atoms with Crippen LogP contribution in [0.2, 0.25) is 0 Å². The largest absolute Gasteiger partial charge is 0.491 e. The minimum absolute atomic E-state index is 0.188. The van der Waals surface area contributed by atoms with Gasteiger partial charge in [0.15, 0.2) is 0 Å². The SMILES string of the molecule is CC(C)(C)OC(=O)N1[C@@H](COc2ccc(C(=O)O)cc2)COC1(C)C. The van der Waals surface area contributed by atoms with Crippen LogP contribution in [0.15, 0.2) is 24.3 Å². The summed E-state index contributed by atoms with van der Waals surface area (Å²) in [5.41, 5.74) is -1.20. The van der Waals surface area contributed by atoms with Crippen molar-refractivity contribution in [3.63, 3.8) is 0 Å². The average Bonchev–Trinajstić information content (AvgIpc) is 2.78. The monoisotopic (exact) mass is 351 g/mol. The molecule has 1 aromatic rings. The molecule has 25 heavy (non-hydrogen) atoms. The Morgan fingerprint density at radius 1 is 1.28 bits per heavy atom. The van der Waals surface area contributed by atoms with E-state index in [1.807, 2.05) is 20.8 Å². The molecule has 138 valence electrons. The van der Waals surface area contributed by atoms with Gasteiger partial charge in [-0.25, -0.2) is 9.59 Å². The summed E-state index contributed by atoms with van der Waals surface area (Å²) in [5.74, 6) is -0.465. The van der Waals surface area contributed by atoms with E-state index in [-0.39, 0.29) is 18.2 Å². The Hall–Kier alpha value is -2.28. The minimum atomic E-state index is -0.992. The second kappa shape index (κ2) is 6.92. The van der Waals surface area contributed by atoms with Gasteiger partial charge in [0, 0.05) is 0 Å². The molecule has 0 bridgehead atoms. The number of amides is 1. The zero-order chi connectivity index (χ0) is 18.8. The number of carbonyl (C=O) groups is 2. The summed E-state index contributed by atoms with van der Waals surface area (Å²) in [6.07, 6.45) is -0.454. The van der Waals surface area contributed by atoms with Crippen LogP contribution in [-0.2, 0) is 9.47 Å². The molecule has 0 saturated carbocycles. The topological polar surface area (TPSA) is 85.3 Å². The van der Waals surface area contributed by atoms with Gasteiger partial charge in [-0.2, -0.15) is 0 Å². The van der Waals surface area contributed by atoms with Crippen LogP contribution in [0.4, 0.5) is 4.79 Å². The summed E-state index contributed by atoms with van der Waals surface area (Å²) in [6, 6.07) is 5.81. The lowest BCUT2D eigenvalue weighted by molar-refractivity contribution is -0.0637. The molecule has 1 atom stereocenters. The normalized spacial score (nSPS) is 19.6. The third-order valence-electron chi connectivity index (χ3n) is 3.71. The number of hydrogen-bond donors (Lipinski definition) is 1. The van der Waals surface area contributed by atoms with Gasteiger partial charge in [0.2, 0.25) is 0 Å². The molecule has 1 N–H and O–H groups in total. The lowest BCUT2D eigenvalue weighted by Crippen LogP contribution is -2.51. The van der Waals surface area contributed by atoms with Crippen molar-refractivity contribution < 1.29 is 28.9 Å². The van der Waals surface area contributed by atoms with Crippen molar-refractivity contribution in [2.24, 2.45) is 0 Å². The Morgan fingerprint density at radius 2 is 1.88 bits per heavy atom. The number of carbonyl (C=O) groups excluding carboxylic acids is 1. The molecule has 1 aromatic carbocycles.